The smallest absolute Gasteiger partial charge is 0.250 e. The Morgan fingerprint density at radius 2 is 2.03 bits per heavy atom. The summed E-state index contributed by atoms with van der Waals surface area (Å²) in [5, 5.41) is 4.50. The molecule has 2 aromatic heterocycles. The van der Waals surface area contributed by atoms with E-state index in [1.807, 2.05) is 52.0 Å². The van der Waals surface area contributed by atoms with Crippen LogP contribution in [0.25, 0.3) is 26.8 Å². The molecule has 0 atom stereocenters. The number of furan rings is 1. The number of fused-ring (bicyclic) bond motifs is 2. The molecule has 0 radical (unpaired) electrons. The van der Waals surface area contributed by atoms with Crippen molar-refractivity contribution in [3.63, 3.8) is 0 Å². The van der Waals surface area contributed by atoms with Crippen LogP contribution >= 0.6 is 11.3 Å². The average molecular weight is 407 g/mol. The summed E-state index contributed by atoms with van der Waals surface area (Å²) >= 11 is 1.47. The molecule has 0 fully saturated rings. The second kappa shape index (κ2) is 7.37. The molecule has 4 aromatic rings. The Kier molecular flexibility index (Phi) is 4.88. The van der Waals surface area contributed by atoms with Crippen molar-refractivity contribution in [1.82, 2.24) is 4.98 Å². The van der Waals surface area contributed by atoms with Crippen LogP contribution in [0.3, 0.4) is 0 Å². The molecule has 29 heavy (non-hydrogen) atoms. The number of hydrogen-bond donors (Lipinski definition) is 1. The molecule has 0 saturated heterocycles. The third-order valence-electron chi connectivity index (χ3n) is 5.06. The van der Waals surface area contributed by atoms with E-state index in [0.717, 1.165) is 49.0 Å². The van der Waals surface area contributed by atoms with Crippen molar-refractivity contribution in [2.45, 2.75) is 27.7 Å². The predicted molar refractivity (Wildman–Crippen MR) is 119 cm³/mol. The highest BCUT2D eigenvalue weighted by atomic mass is 32.1. The Morgan fingerprint density at radius 1 is 1.24 bits per heavy atom. The zero-order valence-electron chi connectivity index (χ0n) is 17.0. The minimum absolute atomic E-state index is 0.220. The summed E-state index contributed by atoms with van der Waals surface area (Å²) in [6.07, 6.45) is 3.32. The summed E-state index contributed by atoms with van der Waals surface area (Å²) in [6, 6.07) is 8.03. The second-order valence-electron chi connectivity index (χ2n) is 7.14. The zero-order chi connectivity index (χ0) is 20.7. The Morgan fingerprint density at radius 3 is 2.76 bits per heavy atom. The van der Waals surface area contributed by atoms with Crippen molar-refractivity contribution in [1.29, 1.82) is 0 Å². The van der Waals surface area contributed by atoms with Gasteiger partial charge in [0.25, 0.3) is 0 Å². The molecule has 0 aliphatic heterocycles. The number of carbonyl (C=O) groups is 1. The number of methoxy groups -OCH3 is 1. The number of para-hydroxylation sites is 1. The van der Waals surface area contributed by atoms with Gasteiger partial charge in [0.2, 0.25) is 5.91 Å². The van der Waals surface area contributed by atoms with Crippen LogP contribution < -0.4 is 10.1 Å². The number of nitrogens with zero attached hydrogens (tertiary/aromatic N) is 1. The molecule has 0 aliphatic rings. The first kappa shape index (κ1) is 19.2. The van der Waals surface area contributed by atoms with Gasteiger partial charge >= 0.3 is 0 Å². The van der Waals surface area contributed by atoms with Gasteiger partial charge in [-0.05, 0) is 56.5 Å². The van der Waals surface area contributed by atoms with E-state index in [9.17, 15) is 4.79 Å². The fourth-order valence-electron chi connectivity index (χ4n) is 3.55. The monoisotopic (exact) mass is 406 g/mol. The molecule has 148 valence electrons. The molecule has 6 heteroatoms. The molecule has 0 aliphatic carbocycles. The first-order valence-corrected chi connectivity index (χ1v) is 10.1. The number of amides is 1. The summed E-state index contributed by atoms with van der Waals surface area (Å²) in [5.74, 6) is 0.493. The van der Waals surface area contributed by atoms with Crippen molar-refractivity contribution in [3.8, 4) is 5.75 Å². The Balaban J connectivity index is 1.67. The highest BCUT2D eigenvalue weighted by molar-refractivity contribution is 7.22. The summed E-state index contributed by atoms with van der Waals surface area (Å²) in [4.78, 5) is 17.2. The van der Waals surface area contributed by atoms with Gasteiger partial charge < -0.3 is 9.15 Å². The number of thiazole rings is 1. The van der Waals surface area contributed by atoms with Gasteiger partial charge in [0.1, 0.15) is 11.3 Å². The van der Waals surface area contributed by atoms with Gasteiger partial charge in [0.15, 0.2) is 5.13 Å². The highest BCUT2D eigenvalue weighted by Crippen LogP contribution is 2.37. The van der Waals surface area contributed by atoms with E-state index in [4.69, 9.17) is 9.15 Å². The molecule has 0 saturated carbocycles. The quantitative estimate of drug-likeness (QED) is 0.421. The normalized spacial score (nSPS) is 12.0. The second-order valence-corrected chi connectivity index (χ2v) is 8.17. The van der Waals surface area contributed by atoms with E-state index in [-0.39, 0.29) is 5.91 Å². The maximum absolute atomic E-state index is 12.6. The fraction of sp³-hybridized carbons (Fsp3) is 0.217. The Hall–Kier alpha value is -3.12. The van der Waals surface area contributed by atoms with Crippen molar-refractivity contribution >= 4 is 49.1 Å². The van der Waals surface area contributed by atoms with Crippen LogP contribution in [0.15, 0.2) is 41.0 Å². The van der Waals surface area contributed by atoms with Gasteiger partial charge in [-0.3, -0.25) is 10.1 Å². The van der Waals surface area contributed by atoms with Crippen molar-refractivity contribution in [2.75, 3.05) is 12.4 Å². The maximum atomic E-state index is 12.6. The molecule has 0 spiro atoms. The first-order chi connectivity index (χ1) is 13.9. The number of aromatic nitrogens is 1. The van der Waals surface area contributed by atoms with Crippen LogP contribution in [0.1, 0.15) is 29.2 Å². The molecule has 1 amide bonds. The van der Waals surface area contributed by atoms with Gasteiger partial charge in [0.05, 0.1) is 23.6 Å². The van der Waals surface area contributed by atoms with Crippen LogP contribution in [0, 0.1) is 20.8 Å². The van der Waals surface area contributed by atoms with Gasteiger partial charge in [0, 0.05) is 22.6 Å². The number of allylic oxidation sites excluding steroid dienone is 1. The summed E-state index contributed by atoms with van der Waals surface area (Å²) in [6.45, 7) is 7.88. The Labute approximate surface area is 173 Å². The average Bonchev–Trinajstić information content (AvgIpc) is 3.26. The topological polar surface area (TPSA) is 64.4 Å². The third kappa shape index (κ3) is 3.40. The maximum Gasteiger partial charge on any atom is 0.250 e. The van der Waals surface area contributed by atoms with E-state index in [1.165, 1.54) is 11.3 Å². The van der Waals surface area contributed by atoms with E-state index >= 15 is 0 Å². The molecule has 2 heterocycles. The zero-order valence-corrected chi connectivity index (χ0v) is 17.9. The summed E-state index contributed by atoms with van der Waals surface area (Å²) < 4.78 is 12.3. The lowest BCUT2D eigenvalue weighted by Gasteiger charge is -2.13. The minimum Gasteiger partial charge on any atom is -0.496 e. The van der Waals surface area contributed by atoms with Crippen molar-refractivity contribution < 1.29 is 13.9 Å². The van der Waals surface area contributed by atoms with Crippen LogP contribution in [0.2, 0.25) is 0 Å². The van der Waals surface area contributed by atoms with Crippen molar-refractivity contribution in [2.24, 2.45) is 0 Å². The lowest BCUT2D eigenvalue weighted by atomic mass is 9.98. The highest BCUT2D eigenvalue weighted by Gasteiger charge is 2.17. The largest absolute Gasteiger partial charge is 0.496 e. The molecule has 0 unspecified atom stereocenters. The molecule has 4 rings (SSSR count). The number of hydrogen-bond acceptors (Lipinski definition) is 5. The van der Waals surface area contributed by atoms with Gasteiger partial charge in [-0.1, -0.05) is 23.5 Å². The number of anilines is 1. The molecule has 0 bridgehead atoms. The lowest BCUT2D eigenvalue weighted by molar-refractivity contribution is -0.111. The van der Waals surface area contributed by atoms with Crippen LogP contribution in [0.5, 0.6) is 5.75 Å². The molecule has 5 nitrogen and oxygen atoms in total. The molecular weight excluding hydrogens is 384 g/mol. The van der Waals surface area contributed by atoms with Crippen LogP contribution in [0.4, 0.5) is 5.13 Å². The van der Waals surface area contributed by atoms with Crippen LogP contribution in [-0.4, -0.2) is 18.0 Å². The number of aryl methyl sites for hydroxylation is 3. The van der Waals surface area contributed by atoms with Gasteiger partial charge in [-0.2, -0.15) is 0 Å². The van der Waals surface area contributed by atoms with Gasteiger partial charge in [-0.25, -0.2) is 4.98 Å². The first-order valence-electron chi connectivity index (χ1n) is 9.30. The SMILES string of the molecule is COc1c(/C(C)=C/C(=O)Nc2nc3c(C)cccc3s2)cc2c(C)coc2c1C. The van der Waals surface area contributed by atoms with E-state index in [0.29, 0.717) is 10.9 Å². The number of rotatable bonds is 4. The number of nitrogens with one attached hydrogen (secondary N) is 1. The number of ether oxygens (including phenoxy) is 1. The molecule has 1 N–H and O–H groups in total. The van der Waals surface area contributed by atoms with Gasteiger partial charge in [-0.15, -0.1) is 0 Å². The summed E-state index contributed by atoms with van der Waals surface area (Å²) in [5.41, 5.74) is 6.48. The Bertz CT molecular complexity index is 1280. The molecular formula is C23H22N2O3S. The predicted octanol–water partition coefficient (Wildman–Crippen LogP) is 6.02. The fourth-order valence-corrected chi connectivity index (χ4v) is 4.50. The third-order valence-corrected chi connectivity index (χ3v) is 6.00. The number of carbonyl (C=O) groups excluding carboxylic acids is 1. The van der Waals surface area contributed by atoms with E-state index in [1.54, 1.807) is 19.4 Å². The lowest BCUT2D eigenvalue weighted by Crippen LogP contribution is -2.08. The van der Waals surface area contributed by atoms with E-state index < -0.39 is 0 Å². The van der Waals surface area contributed by atoms with Crippen molar-refractivity contribution in [3.05, 3.63) is 58.9 Å². The molecule has 2 aromatic carbocycles. The minimum atomic E-state index is -0.220. The summed E-state index contributed by atoms with van der Waals surface area (Å²) in [7, 11) is 1.63. The van der Waals surface area contributed by atoms with E-state index in [2.05, 4.69) is 10.3 Å². The van der Waals surface area contributed by atoms with Crippen LogP contribution in [-0.2, 0) is 4.79 Å². The standard InChI is InChI=1S/C23H22N2O3S/c1-12-7-6-8-18-20(12)25-23(29-18)24-19(26)9-13(2)16-10-17-14(3)11-28-22(17)15(4)21(16)27-5/h6-11H,1-5H3,(H,24,25,26)/b13-9+. The number of benzene rings is 2.